The van der Waals surface area contributed by atoms with Gasteiger partial charge in [0.05, 0.1) is 17.1 Å². The van der Waals surface area contributed by atoms with Gasteiger partial charge >= 0.3 is 0 Å². The van der Waals surface area contributed by atoms with Gasteiger partial charge in [0.15, 0.2) is 11.0 Å². The van der Waals surface area contributed by atoms with Gasteiger partial charge in [-0.15, -0.1) is 10.2 Å². The summed E-state index contributed by atoms with van der Waals surface area (Å²) < 4.78 is 18.0. The molecule has 3 unspecified atom stereocenters. The summed E-state index contributed by atoms with van der Waals surface area (Å²) in [4.78, 5) is 3.63. The van der Waals surface area contributed by atoms with Gasteiger partial charge in [-0.25, -0.2) is 4.21 Å². The Kier molecular flexibility index (Phi) is 8.34. The Morgan fingerprint density at radius 1 is 1.13 bits per heavy atom. The maximum atomic E-state index is 13.9. The Morgan fingerprint density at radius 2 is 1.95 bits per heavy atom. The largest absolute Gasteiger partial charge is 0.321 e. The quantitative estimate of drug-likeness (QED) is 0.356. The molecule has 0 spiro atoms. The van der Waals surface area contributed by atoms with E-state index in [-0.39, 0.29) is 0 Å². The number of likely N-dealkylation sites (tertiary alicyclic amines) is 1. The molecule has 0 radical (unpaired) electrons. The zero-order valence-electron chi connectivity index (χ0n) is 23.7. The molecule has 204 valence electrons. The molecule has 1 saturated carbocycles. The molecule has 2 aliphatic heterocycles. The normalized spacial score (nSPS) is 22.1. The van der Waals surface area contributed by atoms with E-state index in [9.17, 15) is 4.21 Å². The standard InChI is InChI=1S/C29H37N5OS.C2H6/c1-20-6-5-11-33(16-20)17-22-13-26(23-9-10-23)27-18-34(36(35)28(27)14-22)25-8-4-7-24(15-25)21(2)12-29-31-30-19-32(29)3;1-2/h4,7-8,13-15,19-21,23H,5-6,9-12,16-18H2,1-3H3;1-2H3. The molecule has 38 heavy (non-hydrogen) atoms. The average molecular weight is 534 g/mol. The fourth-order valence-corrected chi connectivity index (χ4v) is 7.40. The molecule has 0 N–H and O–H groups in total. The highest BCUT2D eigenvalue weighted by atomic mass is 32.2. The molecule has 3 aliphatic rings. The maximum Gasteiger partial charge on any atom is 0.153 e. The van der Waals surface area contributed by atoms with E-state index in [1.54, 1.807) is 6.33 Å². The van der Waals surface area contributed by atoms with Gasteiger partial charge in [-0.05, 0) is 90.4 Å². The van der Waals surface area contributed by atoms with E-state index in [1.165, 1.54) is 61.0 Å². The number of hydrogen-bond acceptors (Lipinski definition) is 4. The first kappa shape index (κ1) is 27.1. The van der Waals surface area contributed by atoms with Gasteiger partial charge in [0.1, 0.15) is 12.2 Å². The number of nitrogens with zero attached hydrogens (tertiary/aromatic N) is 5. The lowest BCUT2D eigenvalue weighted by Crippen LogP contribution is -2.33. The summed E-state index contributed by atoms with van der Waals surface area (Å²) in [5, 5.41) is 8.28. The van der Waals surface area contributed by atoms with Crippen LogP contribution in [0.15, 0.2) is 47.6 Å². The third-order valence-corrected chi connectivity index (χ3v) is 9.66. The number of piperidine rings is 1. The van der Waals surface area contributed by atoms with Crippen molar-refractivity contribution in [2.45, 2.75) is 89.6 Å². The molecule has 3 heterocycles. The third kappa shape index (κ3) is 5.74. The fourth-order valence-electron chi connectivity index (χ4n) is 5.97. The SMILES string of the molecule is CC.CC1CCCN(Cc2cc(C3CC3)c3c(c2)S(=O)N(c2cccc(C(C)Cc4nncn4C)c2)C3)C1. The average Bonchev–Trinajstić information content (AvgIpc) is 3.62. The Morgan fingerprint density at radius 3 is 2.66 bits per heavy atom. The number of aryl methyl sites for hydroxylation is 1. The number of fused-ring (bicyclic) bond motifs is 1. The molecule has 1 saturated heterocycles. The summed E-state index contributed by atoms with van der Waals surface area (Å²) >= 11 is 0. The van der Waals surface area contributed by atoms with Crippen molar-refractivity contribution in [1.29, 1.82) is 0 Å². The van der Waals surface area contributed by atoms with Crippen LogP contribution in [0.4, 0.5) is 5.69 Å². The van der Waals surface area contributed by atoms with E-state index in [0.717, 1.165) is 41.8 Å². The minimum absolute atomic E-state index is 0.298. The van der Waals surface area contributed by atoms with Crippen molar-refractivity contribution in [1.82, 2.24) is 19.7 Å². The van der Waals surface area contributed by atoms with Gasteiger partial charge in [-0.2, -0.15) is 0 Å². The lowest BCUT2D eigenvalue weighted by atomic mass is 9.96. The highest BCUT2D eigenvalue weighted by Gasteiger charge is 2.35. The summed E-state index contributed by atoms with van der Waals surface area (Å²) in [6.45, 7) is 12.6. The number of hydrogen-bond donors (Lipinski definition) is 0. The van der Waals surface area contributed by atoms with E-state index in [2.05, 4.69) is 69.6 Å². The minimum atomic E-state index is -1.18. The van der Waals surface area contributed by atoms with Crippen molar-refractivity contribution in [3.05, 3.63) is 70.8 Å². The first-order valence-corrected chi connectivity index (χ1v) is 15.6. The zero-order chi connectivity index (χ0) is 26.8. The highest BCUT2D eigenvalue weighted by molar-refractivity contribution is 7.86. The second-order valence-electron chi connectivity index (χ2n) is 11.3. The molecular formula is C31H43N5OS. The van der Waals surface area contributed by atoms with Crippen molar-refractivity contribution in [3.63, 3.8) is 0 Å². The van der Waals surface area contributed by atoms with Gasteiger partial charge in [0, 0.05) is 26.6 Å². The van der Waals surface area contributed by atoms with E-state index >= 15 is 0 Å². The van der Waals surface area contributed by atoms with Crippen LogP contribution in [-0.2, 0) is 37.5 Å². The van der Waals surface area contributed by atoms with Crippen molar-refractivity contribution in [2.24, 2.45) is 13.0 Å². The van der Waals surface area contributed by atoms with Crippen LogP contribution in [0, 0.1) is 5.92 Å². The highest BCUT2D eigenvalue weighted by Crippen LogP contribution is 2.46. The van der Waals surface area contributed by atoms with Gasteiger partial charge in [-0.3, -0.25) is 9.21 Å². The predicted molar refractivity (Wildman–Crippen MR) is 156 cm³/mol. The van der Waals surface area contributed by atoms with Crippen LogP contribution in [0.25, 0.3) is 0 Å². The van der Waals surface area contributed by atoms with Crippen LogP contribution >= 0.6 is 0 Å². The number of rotatable bonds is 7. The van der Waals surface area contributed by atoms with Crippen molar-refractivity contribution in [3.8, 4) is 0 Å². The van der Waals surface area contributed by atoms with Crippen LogP contribution < -0.4 is 4.31 Å². The van der Waals surface area contributed by atoms with Crippen LogP contribution in [-0.4, -0.2) is 37.0 Å². The van der Waals surface area contributed by atoms with Gasteiger partial charge in [0.25, 0.3) is 0 Å². The van der Waals surface area contributed by atoms with Crippen LogP contribution in [0.1, 0.15) is 93.3 Å². The van der Waals surface area contributed by atoms with E-state index in [0.29, 0.717) is 11.8 Å². The van der Waals surface area contributed by atoms with Crippen molar-refractivity contribution < 1.29 is 4.21 Å². The number of aromatic nitrogens is 3. The molecule has 7 heteroatoms. The van der Waals surface area contributed by atoms with Crippen LogP contribution in [0.5, 0.6) is 0 Å². The summed E-state index contributed by atoms with van der Waals surface area (Å²) in [6.07, 6.45) is 7.72. The molecule has 3 aromatic rings. The van der Waals surface area contributed by atoms with Gasteiger partial charge in [0.2, 0.25) is 0 Å². The maximum absolute atomic E-state index is 13.9. The number of anilines is 1. The molecule has 2 aromatic carbocycles. The molecular weight excluding hydrogens is 490 g/mol. The Bertz CT molecular complexity index is 1280. The minimum Gasteiger partial charge on any atom is -0.321 e. The fraction of sp³-hybridized carbons (Fsp3) is 0.548. The summed E-state index contributed by atoms with van der Waals surface area (Å²) in [5.74, 6) is 2.69. The number of benzene rings is 2. The Hall–Kier alpha value is -2.51. The first-order valence-electron chi connectivity index (χ1n) is 14.5. The molecule has 0 amide bonds. The topological polar surface area (TPSA) is 54.3 Å². The molecule has 0 bridgehead atoms. The molecule has 6 nitrogen and oxygen atoms in total. The van der Waals surface area contributed by atoms with Gasteiger partial charge < -0.3 is 4.57 Å². The zero-order valence-corrected chi connectivity index (χ0v) is 24.5. The smallest absolute Gasteiger partial charge is 0.153 e. The summed E-state index contributed by atoms with van der Waals surface area (Å²) in [7, 11) is 0.809. The van der Waals surface area contributed by atoms with E-state index in [4.69, 9.17) is 0 Å². The van der Waals surface area contributed by atoms with Crippen molar-refractivity contribution in [2.75, 3.05) is 17.4 Å². The van der Waals surface area contributed by atoms with Crippen molar-refractivity contribution >= 4 is 16.7 Å². The van der Waals surface area contributed by atoms with E-state index < -0.39 is 11.0 Å². The molecule has 3 atom stereocenters. The lowest BCUT2D eigenvalue weighted by Gasteiger charge is -2.31. The second-order valence-corrected chi connectivity index (χ2v) is 12.6. The van der Waals surface area contributed by atoms with Crippen LogP contribution in [0.2, 0.25) is 0 Å². The molecule has 1 aromatic heterocycles. The lowest BCUT2D eigenvalue weighted by molar-refractivity contribution is 0.176. The molecule has 2 fully saturated rings. The predicted octanol–water partition coefficient (Wildman–Crippen LogP) is 6.34. The Labute approximate surface area is 231 Å². The first-order chi connectivity index (χ1) is 18.5. The monoisotopic (exact) mass is 533 g/mol. The molecule has 1 aliphatic carbocycles. The second kappa shape index (κ2) is 11.7. The van der Waals surface area contributed by atoms with E-state index in [1.807, 2.05) is 25.5 Å². The summed E-state index contributed by atoms with van der Waals surface area (Å²) in [6, 6.07) is 13.3. The van der Waals surface area contributed by atoms with Gasteiger partial charge in [-0.1, -0.05) is 45.9 Å². The van der Waals surface area contributed by atoms with Crippen LogP contribution in [0.3, 0.4) is 0 Å². The summed E-state index contributed by atoms with van der Waals surface area (Å²) in [5.41, 5.74) is 6.39. The Balaban J connectivity index is 0.00000144. The third-order valence-electron chi connectivity index (χ3n) is 8.18. The molecule has 6 rings (SSSR count).